The van der Waals surface area contributed by atoms with Gasteiger partial charge in [-0.1, -0.05) is 12.2 Å². The number of hydrogen-bond acceptors (Lipinski definition) is 8. The second-order valence-electron chi connectivity index (χ2n) is 9.04. The van der Waals surface area contributed by atoms with E-state index in [0.29, 0.717) is 41.7 Å². The number of nitrogens with zero attached hydrogens (tertiary/aromatic N) is 1. The molecule has 0 saturated carbocycles. The number of ether oxygens (including phenoxy) is 6. The fraction of sp³-hybridized carbons (Fsp3) is 0.423. The van der Waals surface area contributed by atoms with Crippen LogP contribution in [0.15, 0.2) is 42.5 Å². The Kier molecular flexibility index (Phi) is 4.97. The normalized spacial score (nSPS) is 29.9. The zero-order valence-corrected chi connectivity index (χ0v) is 19.4. The molecule has 0 N–H and O–H groups in total. The van der Waals surface area contributed by atoms with E-state index in [-0.39, 0.29) is 31.0 Å². The molecular formula is C26H27NO7. The fourth-order valence-corrected chi connectivity index (χ4v) is 6.00. The molecular weight excluding hydrogens is 438 g/mol. The van der Waals surface area contributed by atoms with E-state index in [0.717, 1.165) is 17.5 Å². The molecule has 8 heteroatoms. The highest BCUT2D eigenvalue weighted by Gasteiger charge is 2.61. The zero-order valence-electron chi connectivity index (χ0n) is 19.4. The second kappa shape index (κ2) is 7.92. The maximum absolute atomic E-state index is 13.2. The molecule has 34 heavy (non-hydrogen) atoms. The van der Waals surface area contributed by atoms with Crippen molar-refractivity contribution in [3.8, 4) is 23.0 Å². The number of esters is 1. The Morgan fingerprint density at radius 1 is 1.12 bits per heavy atom. The van der Waals surface area contributed by atoms with Crippen LogP contribution in [-0.4, -0.2) is 63.8 Å². The summed E-state index contributed by atoms with van der Waals surface area (Å²) in [5, 5.41) is 0. The van der Waals surface area contributed by atoms with Gasteiger partial charge in [-0.15, -0.1) is 0 Å². The average molecular weight is 466 g/mol. The minimum absolute atomic E-state index is 0.00845. The Morgan fingerprint density at radius 3 is 2.68 bits per heavy atom. The molecule has 2 aromatic rings. The predicted octanol–water partition coefficient (Wildman–Crippen LogP) is 3.07. The highest BCUT2D eigenvalue weighted by molar-refractivity contribution is 5.90. The van der Waals surface area contributed by atoms with Crippen LogP contribution < -0.4 is 18.9 Å². The molecule has 2 bridgehead atoms. The molecule has 8 nitrogen and oxygen atoms in total. The van der Waals surface area contributed by atoms with E-state index < -0.39 is 5.41 Å². The van der Waals surface area contributed by atoms with Crippen molar-refractivity contribution in [2.24, 2.45) is 0 Å². The number of hydrogen-bond donors (Lipinski definition) is 0. The number of methoxy groups -OCH3 is 3. The van der Waals surface area contributed by atoms with Crippen molar-refractivity contribution in [3.05, 3.63) is 59.2 Å². The highest BCUT2D eigenvalue weighted by atomic mass is 16.7. The van der Waals surface area contributed by atoms with E-state index in [2.05, 4.69) is 17.1 Å². The van der Waals surface area contributed by atoms with E-state index in [1.807, 2.05) is 6.07 Å². The van der Waals surface area contributed by atoms with Gasteiger partial charge in [-0.2, -0.15) is 0 Å². The summed E-state index contributed by atoms with van der Waals surface area (Å²) in [5.74, 6) is 2.32. The van der Waals surface area contributed by atoms with Crippen molar-refractivity contribution in [1.82, 2.24) is 4.90 Å². The molecule has 1 fully saturated rings. The van der Waals surface area contributed by atoms with Gasteiger partial charge in [0.1, 0.15) is 11.9 Å². The van der Waals surface area contributed by atoms with E-state index in [4.69, 9.17) is 28.4 Å². The van der Waals surface area contributed by atoms with Gasteiger partial charge in [0.2, 0.25) is 12.5 Å². The summed E-state index contributed by atoms with van der Waals surface area (Å²) in [7, 11) is 4.97. The minimum atomic E-state index is -0.543. The number of rotatable bonds is 5. The van der Waals surface area contributed by atoms with Gasteiger partial charge in [0, 0.05) is 31.8 Å². The molecule has 3 heterocycles. The third-order valence-corrected chi connectivity index (χ3v) is 7.60. The van der Waals surface area contributed by atoms with Crippen LogP contribution in [0.4, 0.5) is 0 Å². The van der Waals surface area contributed by atoms with Gasteiger partial charge in [-0.05, 0) is 42.3 Å². The standard InChI is InChI=1S/C26H27NO7/c1-29-16-6-4-15(5-7-16)25(28)34-22-13-27-12-18-19(11-20-24(23(18)31-3)33-14-32-20)26(22)9-8-17(30-2)10-21(26)27/h4-9,11,17,21-22H,10,12-14H2,1-3H3/t17-,21-,22+,26+/m0/s1. The lowest BCUT2D eigenvalue weighted by Crippen LogP contribution is -2.53. The van der Waals surface area contributed by atoms with Crippen molar-refractivity contribution < 1.29 is 33.2 Å². The summed E-state index contributed by atoms with van der Waals surface area (Å²) in [4.78, 5) is 15.6. The topological polar surface area (TPSA) is 75.7 Å². The van der Waals surface area contributed by atoms with Gasteiger partial charge in [0.25, 0.3) is 0 Å². The summed E-state index contributed by atoms with van der Waals surface area (Å²) < 4.78 is 34.4. The number of fused-ring (bicyclic) bond motifs is 2. The Hall–Kier alpha value is -3.23. The van der Waals surface area contributed by atoms with Crippen LogP contribution in [0.1, 0.15) is 27.9 Å². The molecule has 0 radical (unpaired) electrons. The Labute approximate surface area is 197 Å². The Morgan fingerprint density at radius 2 is 1.94 bits per heavy atom. The molecule has 5 atom stereocenters. The van der Waals surface area contributed by atoms with Crippen molar-refractivity contribution in [2.45, 2.75) is 36.6 Å². The van der Waals surface area contributed by atoms with Gasteiger partial charge in [-0.25, -0.2) is 4.79 Å². The average Bonchev–Trinajstić information content (AvgIpc) is 3.43. The molecule has 0 spiro atoms. The maximum Gasteiger partial charge on any atom is 0.338 e. The maximum atomic E-state index is 13.2. The van der Waals surface area contributed by atoms with Crippen LogP contribution >= 0.6 is 0 Å². The van der Waals surface area contributed by atoms with E-state index in [1.165, 1.54) is 0 Å². The van der Waals surface area contributed by atoms with Crippen LogP contribution in [0.2, 0.25) is 0 Å². The van der Waals surface area contributed by atoms with E-state index >= 15 is 0 Å². The predicted molar refractivity (Wildman–Crippen MR) is 122 cm³/mol. The van der Waals surface area contributed by atoms with Crippen molar-refractivity contribution in [2.75, 3.05) is 34.7 Å². The minimum Gasteiger partial charge on any atom is -0.497 e. The van der Waals surface area contributed by atoms with Crippen LogP contribution in [0, 0.1) is 0 Å². The monoisotopic (exact) mass is 465 g/mol. The first-order valence-corrected chi connectivity index (χ1v) is 11.4. The van der Waals surface area contributed by atoms with Crippen LogP contribution in [0.3, 0.4) is 0 Å². The van der Waals surface area contributed by atoms with Gasteiger partial charge in [0.05, 0.1) is 31.3 Å². The summed E-state index contributed by atoms with van der Waals surface area (Å²) in [6, 6.07) is 9.14. The van der Waals surface area contributed by atoms with E-state index in [1.54, 1.807) is 45.6 Å². The molecule has 1 saturated heterocycles. The first-order chi connectivity index (χ1) is 16.6. The van der Waals surface area contributed by atoms with Crippen molar-refractivity contribution in [1.29, 1.82) is 0 Å². The van der Waals surface area contributed by atoms with Gasteiger partial charge in [-0.3, -0.25) is 4.90 Å². The molecule has 2 aromatic carbocycles. The molecule has 4 aliphatic rings. The quantitative estimate of drug-likeness (QED) is 0.493. The lowest BCUT2D eigenvalue weighted by atomic mass is 9.65. The van der Waals surface area contributed by atoms with Crippen molar-refractivity contribution in [3.63, 3.8) is 0 Å². The molecule has 3 aliphatic heterocycles. The Bertz CT molecular complexity index is 1160. The number of carbonyl (C=O) groups excluding carboxylic acids is 1. The third-order valence-electron chi connectivity index (χ3n) is 7.60. The second-order valence-corrected chi connectivity index (χ2v) is 9.04. The number of benzene rings is 2. The molecule has 0 aromatic heterocycles. The summed E-state index contributed by atoms with van der Waals surface area (Å²) in [6.45, 7) is 1.44. The van der Waals surface area contributed by atoms with Gasteiger partial charge < -0.3 is 28.4 Å². The van der Waals surface area contributed by atoms with Crippen LogP contribution in [-0.2, 0) is 21.4 Å². The van der Waals surface area contributed by atoms with Crippen molar-refractivity contribution >= 4 is 5.97 Å². The molecule has 1 unspecified atom stereocenters. The lowest BCUT2D eigenvalue weighted by molar-refractivity contribution is 0.0187. The molecule has 1 aliphatic carbocycles. The smallest absolute Gasteiger partial charge is 0.338 e. The van der Waals surface area contributed by atoms with Crippen LogP contribution in [0.25, 0.3) is 0 Å². The molecule has 6 rings (SSSR count). The van der Waals surface area contributed by atoms with Gasteiger partial charge in [0.15, 0.2) is 11.5 Å². The summed E-state index contributed by atoms with van der Waals surface area (Å²) >= 11 is 0. The van der Waals surface area contributed by atoms with Crippen LogP contribution in [0.5, 0.6) is 23.0 Å². The zero-order chi connectivity index (χ0) is 23.4. The lowest BCUT2D eigenvalue weighted by Gasteiger charge is -2.46. The first kappa shape index (κ1) is 21.3. The summed E-state index contributed by atoms with van der Waals surface area (Å²) in [6.07, 6.45) is 4.68. The largest absolute Gasteiger partial charge is 0.497 e. The fourth-order valence-electron chi connectivity index (χ4n) is 6.00. The third kappa shape index (κ3) is 2.95. The highest BCUT2D eigenvalue weighted by Crippen LogP contribution is 2.58. The Balaban J connectivity index is 1.44. The SMILES string of the molecule is COc1ccc(C(=O)O[C@@H]2CN3Cc4c(cc5c(c4OC)OCO5)[C@@]24C=C[C@H](OC)C[C@H]34)cc1. The summed E-state index contributed by atoms with van der Waals surface area (Å²) in [5.41, 5.74) is 2.05. The molecule has 0 amide bonds. The molecule has 178 valence electrons. The van der Waals surface area contributed by atoms with Gasteiger partial charge >= 0.3 is 5.97 Å². The first-order valence-electron chi connectivity index (χ1n) is 11.4. The van der Waals surface area contributed by atoms with E-state index in [9.17, 15) is 4.79 Å². The number of carbonyl (C=O) groups is 1.